The SMILES string of the molecule is Cc1ccc(S(=O)(=O)NCC(=O)OCC(=O)NCCc2ccc(OC(F)F)cc2)cc1C. The highest BCUT2D eigenvalue weighted by Crippen LogP contribution is 2.15. The molecule has 0 unspecified atom stereocenters. The molecule has 0 aromatic heterocycles. The molecule has 0 radical (unpaired) electrons. The molecule has 0 bridgehead atoms. The molecule has 2 aromatic rings. The maximum absolute atomic E-state index is 12.2. The van der Waals surface area contributed by atoms with Crippen LogP contribution in [0.25, 0.3) is 0 Å². The molecule has 2 N–H and O–H groups in total. The largest absolute Gasteiger partial charge is 0.455 e. The first kappa shape index (κ1) is 25.2. The van der Waals surface area contributed by atoms with E-state index in [-0.39, 0.29) is 17.2 Å². The second-order valence-corrected chi connectivity index (χ2v) is 8.62. The van der Waals surface area contributed by atoms with Crippen molar-refractivity contribution in [1.29, 1.82) is 0 Å². The molecule has 32 heavy (non-hydrogen) atoms. The lowest BCUT2D eigenvalue weighted by molar-refractivity contribution is -0.147. The van der Waals surface area contributed by atoms with Gasteiger partial charge in [0.15, 0.2) is 6.61 Å². The topological polar surface area (TPSA) is 111 Å². The number of halogens is 2. The van der Waals surface area contributed by atoms with Crippen LogP contribution in [-0.2, 0) is 30.8 Å². The van der Waals surface area contributed by atoms with Crippen LogP contribution >= 0.6 is 0 Å². The number of benzene rings is 2. The van der Waals surface area contributed by atoms with E-state index in [0.29, 0.717) is 6.42 Å². The second-order valence-electron chi connectivity index (χ2n) is 6.85. The Morgan fingerprint density at radius 2 is 1.72 bits per heavy atom. The number of hydrogen-bond donors (Lipinski definition) is 2. The van der Waals surface area contributed by atoms with Gasteiger partial charge in [0.2, 0.25) is 10.0 Å². The minimum Gasteiger partial charge on any atom is -0.455 e. The lowest BCUT2D eigenvalue weighted by atomic mass is 10.1. The first-order chi connectivity index (χ1) is 15.1. The molecule has 8 nitrogen and oxygen atoms in total. The summed E-state index contributed by atoms with van der Waals surface area (Å²) in [5.41, 5.74) is 2.52. The molecular weight excluding hydrogens is 446 g/mol. The van der Waals surface area contributed by atoms with Crippen LogP contribution in [-0.4, -0.2) is 46.6 Å². The van der Waals surface area contributed by atoms with Crippen molar-refractivity contribution in [3.63, 3.8) is 0 Å². The molecule has 0 fully saturated rings. The third kappa shape index (κ3) is 8.23. The summed E-state index contributed by atoms with van der Waals surface area (Å²) in [7, 11) is -3.89. The number of aryl methyl sites for hydroxylation is 2. The highest BCUT2D eigenvalue weighted by Gasteiger charge is 2.17. The van der Waals surface area contributed by atoms with Crippen molar-refractivity contribution in [2.24, 2.45) is 0 Å². The predicted octanol–water partition coefficient (Wildman–Crippen LogP) is 2.09. The third-order valence-electron chi connectivity index (χ3n) is 4.44. The van der Waals surface area contributed by atoms with E-state index in [1.807, 2.05) is 6.92 Å². The summed E-state index contributed by atoms with van der Waals surface area (Å²) >= 11 is 0. The number of carbonyl (C=O) groups excluding carboxylic acids is 2. The zero-order valence-electron chi connectivity index (χ0n) is 17.6. The Balaban J connectivity index is 1.69. The molecule has 2 rings (SSSR count). The highest BCUT2D eigenvalue weighted by molar-refractivity contribution is 7.89. The molecule has 0 atom stereocenters. The van der Waals surface area contributed by atoms with E-state index in [1.54, 1.807) is 25.1 Å². The van der Waals surface area contributed by atoms with Crippen LogP contribution in [0.1, 0.15) is 16.7 Å². The molecule has 0 spiro atoms. The fourth-order valence-corrected chi connectivity index (χ4v) is 3.60. The van der Waals surface area contributed by atoms with Gasteiger partial charge in [-0.2, -0.15) is 13.5 Å². The van der Waals surface area contributed by atoms with Gasteiger partial charge in [-0.3, -0.25) is 9.59 Å². The molecule has 1 amide bonds. The summed E-state index contributed by atoms with van der Waals surface area (Å²) < 4.78 is 59.9. The Morgan fingerprint density at radius 3 is 2.34 bits per heavy atom. The van der Waals surface area contributed by atoms with Crippen molar-refractivity contribution < 1.29 is 36.3 Å². The highest BCUT2D eigenvalue weighted by atomic mass is 32.2. The fourth-order valence-electron chi connectivity index (χ4n) is 2.55. The number of nitrogens with one attached hydrogen (secondary N) is 2. The van der Waals surface area contributed by atoms with E-state index in [0.717, 1.165) is 16.7 Å². The van der Waals surface area contributed by atoms with Crippen molar-refractivity contribution in [1.82, 2.24) is 10.0 Å². The second kappa shape index (κ2) is 11.5. The Hall–Kier alpha value is -3.05. The number of esters is 1. The Labute approximate surface area is 185 Å². The summed E-state index contributed by atoms with van der Waals surface area (Å²) in [6.45, 7) is -0.225. The number of alkyl halides is 2. The van der Waals surface area contributed by atoms with Gasteiger partial charge in [-0.25, -0.2) is 8.42 Å². The minimum atomic E-state index is -3.89. The van der Waals surface area contributed by atoms with E-state index >= 15 is 0 Å². The van der Waals surface area contributed by atoms with Gasteiger partial charge in [-0.15, -0.1) is 0 Å². The molecule has 2 aromatic carbocycles. The average Bonchev–Trinajstić information content (AvgIpc) is 2.73. The third-order valence-corrected chi connectivity index (χ3v) is 5.84. The number of rotatable bonds is 11. The molecule has 0 heterocycles. The number of carbonyl (C=O) groups is 2. The van der Waals surface area contributed by atoms with Gasteiger partial charge in [0.25, 0.3) is 5.91 Å². The van der Waals surface area contributed by atoms with E-state index < -0.39 is 41.7 Å². The van der Waals surface area contributed by atoms with Crippen molar-refractivity contribution in [3.8, 4) is 5.75 Å². The first-order valence-corrected chi connectivity index (χ1v) is 11.1. The van der Waals surface area contributed by atoms with Crippen LogP contribution in [0.15, 0.2) is 47.4 Å². The van der Waals surface area contributed by atoms with Crippen LogP contribution in [0, 0.1) is 13.8 Å². The normalized spacial score (nSPS) is 11.3. The lowest BCUT2D eigenvalue weighted by Gasteiger charge is -2.09. The van der Waals surface area contributed by atoms with Gasteiger partial charge in [-0.05, 0) is 61.2 Å². The van der Waals surface area contributed by atoms with Crippen molar-refractivity contribution in [2.75, 3.05) is 19.7 Å². The quantitative estimate of drug-likeness (QED) is 0.487. The Morgan fingerprint density at radius 1 is 1.03 bits per heavy atom. The summed E-state index contributed by atoms with van der Waals surface area (Å²) in [5, 5.41) is 2.54. The Kier molecular flexibility index (Phi) is 9.09. The minimum absolute atomic E-state index is 0.0277. The lowest BCUT2D eigenvalue weighted by Crippen LogP contribution is -2.34. The fraction of sp³-hybridized carbons (Fsp3) is 0.333. The number of ether oxygens (including phenoxy) is 2. The van der Waals surface area contributed by atoms with Crippen LogP contribution < -0.4 is 14.8 Å². The van der Waals surface area contributed by atoms with E-state index in [2.05, 4.69) is 14.8 Å². The standard InChI is InChI=1S/C21H24F2N2O6S/c1-14-3-8-18(11-15(14)2)32(28,29)25-12-20(27)30-13-19(26)24-10-9-16-4-6-17(7-5-16)31-21(22)23/h3-8,11,21,25H,9-10,12-13H2,1-2H3,(H,24,26). The maximum atomic E-state index is 12.2. The van der Waals surface area contributed by atoms with E-state index in [4.69, 9.17) is 4.74 Å². The monoisotopic (exact) mass is 470 g/mol. The average molecular weight is 470 g/mol. The zero-order valence-corrected chi connectivity index (χ0v) is 18.4. The van der Waals surface area contributed by atoms with E-state index in [9.17, 15) is 26.8 Å². The maximum Gasteiger partial charge on any atom is 0.387 e. The van der Waals surface area contributed by atoms with Gasteiger partial charge in [0, 0.05) is 6.54 Å². The molecule has 0 aliphatic carbocycles. The van der Waals surface area contributed by atoms with Crippen LogP contribution in [0.2, 0.25) is 0 Å². The molecular formula is C21H24F2N2O6S. The zero-order chi connectivity index (χ0) is 23.7. The van der Waals surface area contributed by atoms with Gasteiger partial charge in [-0.1, -0.05) is 18.2 Å². The molecule has 11 heteroatoms. The van der Waals surface area contributed by atoms with Crippen molar-refractivity contribution in [3.05, 3.63) is 59.2 Å². The van der Waals surface area contributed by atoms with Gasteiger partial charge in [0.1, 0.15) is 12.3 Å². The number of sulfonamides is 1. The van der Waals surface area contributed by atoms with E-state index in [1.165, 1.54) is 24.3 Å². The molecule has 0 saturated carbocycles. The summed E-state index contributed by atoms with van der Waals surface area (Å²) in [4.78, 5) is 23.6. The van der Waals surface area contributed by atoms with Crippen LogP contribution in [0.5, 0.6) is 5.75 Å². The summed E-state index contributed by atoms with van der Waals surface area (Å²) in [5.74, 6) is -1.43. The molecule has 174 valence electrons. The van der Waals surface area contributed by atoms with Gasteiger partial charge in [0.05, 0.1) is 4.90 Å². The predicted molar refractivity (Wildman–Crippen MR) is 112 cm³/mol. The van der Waals surface area contributed by atoms with Gasteiger partial charge < -0.3 is 14.8 Å². The Bertz CT molecular complexity index is 1040. The van der Waals surface area contributed by atoms with Gasteiger partial charge >= 0.3 is 12.6 Å². The molecule has 0 aliphatic rings. The molecule has 0 aliphatic heterocycles. The summed E-state index contributed by atoms with van der Waals surface area (Å²) in [6.07, 6.45) is 0.421. The van der Waals surface area contributed by atoms with Crippen molar-refractivity contribution >= 4 is 21.9 Å². The first-order valence-electron chi connectivity index (χ1n) is 9.60. The van der Waals surface area contributed by atoms with Crippen LogP contribution in [0.4, 0.5) is 8.78 Å². The van der Waals surface area contributed by atoms with Crippen LogP contribution in [0.3, 0.4) is 0 Å². The molecule has 0 saturated heterocycles. The number of hydrogen-bond acceptors (Lipinski definition) is 6. The smallest absolute Gasteiger partial charge is 0.387 e. The number of amides is 1. The summed E-state index contributed by atoms with van der Waals surface area (Å²) in [6, 6.07) is 10.6. The van der Waals surface area contributed by atoms with Crippen molar-refractivity contribution in [2.45, 2.75) is 31.8 Å².